The van der Waals surface area contributed by atoms with Gasteiger partial charge in [0.15, 0.2) is 6.29 Å². The summed E-state index contributed by atoms with van der Waals surface area (Å²) in [4.78, 5) is 3.12. The van der Waals surface area contributed by atoms with Crippen LogP contribution in [0.2, 0.25) is 0 Å². The Morgan fingerprint density at radius 2 is 2.17 bits per heavy atom. The third-order valence-corrected chi connectivity index (χ3v) is 2.73. The lowest BCUT2D eigenvalue weighted by Crippen LogP contribution is -2.18. The highest BCUT2D eigenvalue weighted by Gasteiger charge is 2.19. The van der Waals surface area contributed by atoms with Crippen LogP contribution in [-0.2, 0) is 9.47 Å². The molecule has 1 N–H and O–H groups in total. The van der Waals surface area contributed by atoms with Gasteiger partial charge in [-0.15, -0.1) is 0 Å². The molecule has 0 radical (unpaired) electrons. The molecule has 12 heavy (non-hydrogen) atoms. The number of nitrogens with one attached hydrogen (secondary N) is 1. The van der Waals surface area contributed by atoms with Gasteiger partial charge in [0.05, 0.1) is 18.9 Å². The lowest BCUT2D eigenvalue weighted by atomic mass is 10.4. The molecule has 0 aromatic carbocycles. The molecule has 1 aliphatic heterocycles. The molecule has 1 aromatic rings. The van der Waals surface area contributed by atoms with Crippen LogP contribution in [0.25, 0.3) is 0 Å². The molecule has 0 aliphatic carbocycles. The second kappa shape index (κ2) is 3.76. The van der Waals surface area contributed by atoms with E-state index in [1.54, 1.807) is 0 Å². The molecule has 0 spiro atoms. The lowest BCUT2D eigenvalue weighted by molar-refractivity contribution is -0.185. The van der Waals surface area contributed by atoms with Crippen molar-refractivity contribution in [3.05, 3.63) is 21.5 Å². The molecule has 4 heteroatoms. The first-order chi connectivity index (χ1) is 5.88. The number of ether oxygens (including phenoxy) is 2. The van der Waals surface area contributed by atoms with Crippen LogP contribution in [0.4, 0.5) is 0 Å². The zero-order valence-corrected chi connectivity index (χ0v) is 8.71. The zero-order chi connectivity index (χ0) is 8.39. The van der Waals surface area contributed by atoms with E-state index < -0.39 is 0 Å². The van der Waals surface area contributed by atoms with Gasteiger partial charge in [0.25, 0.3) is 0 Å². The van der Waals surface area contributed by atoms with E-state index in [0.29, 0.717) is 0 Å². The summed E-state index contributed by atoms with van der Waals surface area (Å²) in [5.74, 6) is 0. The van der Waals surface area contributed by atoms with Gasteiger partial charge < -0.3 is 14.5 Å². The van der Waals surface area contributed by atoms with Crippen LogP contribution < -0.4 is 0 Å². The highest BCUT2D eigenvalue weighted by molar-refractivity contribution is 14.1. The fraction of sp³-hybridized carbons (Fsp3) is 0.500. The molecule has 0 atom stereocenters. The van der Waals surface area contributed by atoms with Crippen molar-refractivity contribution >= 4 is 22.6 Å². The van der Waals surface area contributed by atoms with Gasteiger partial charge in [0.1, 0.15) is 0 Å². The van der Waals surface area contributed by atoms with E-state index in [-0.39, 0.29) is 6.29 Å². The molecule has 3 nitrogen and oxygen atoms in total. The van der Waals surface area contributed by atoms with E-state index in [9.17, 15) is 0 Å². The van der Waals surface area contributed by atoms with Crippen molar-refractivity contribution in [2.75, 3.05) is 13.2 Å². The Balaban J connectivity index is 2.13. The van der Waals surface area contributed by atoms with E-state index in [4.69, 9.17) is 9.47 Å². The van der Waals surface area contributed by atoms with Crippen molar-refractivity contribution < 1.29 is 9.47 Å². The largest absolute Gasteiger partial charge is 0.360 e. The van der Waals surface area contributed by atoms with Gasteiger partial charge in [-0.2, -0.15) is 0 Å². The normalized spacial score (nSPS) is 19.8. The second-order valence-corrected chi connectivity index (χ2v) is 3.83. The van der Waals surface area contributed by atoms with Crippen LogP contribution in [0, 0.1) is 3.57 Å². The Hall–Kier alpha value is -0.0700. The Morgan fingerprint density at radius 3 is 2.75 bits per heavy atom. The molecule has 0 amide bonds. The average molecular weight is 279 g/mol. The van der Waals surface area contributed by atoms with Crippen molar-refractivity contribution in [1.82, 2.24) is 4.98 Å². The number of H-pyrrole nitrogens is 1. The summed E-state index contributed by atoms with van der Waals surface area (Å²) in [6.45, 7) is 1.58. The lowest BCUT2D eigenvalue weighted by Gasteiger charge is -2.22. The van der Waals surface area contributed by atoms with E-state index in [0.717, 1.165) is 25.3 Å². The predicted molar refractivity (Wildman–Crippen MR) is 52.8 cm³/mol. The van der Waals surface area contributed by atoms with Crippen LogP contribution in [0.1, 0.15) is 18.4 Å². The maximum absolute atomic E-state index is 5.44. The summed E-state index contributed by atoms with van der Waals surface area (Å²) >= 11 is 2.27. The molecule has 0 bridgehead atoms. The maximum atomic E-state index is 5.44. The summed E-state index contributed by atoms with van der Waals surface area (Å²) in [7, 11) is 0. The first-order valence-electron chi connectivity index (χ1n) is 3.94. The number of hydrogen-bond donors (Lipinski definition) is 1. The van der Waals surface area contributed by atoms with Crippen LogP contribution in [0.3, 0.4) is 0 Å². The van der Waals surface area contributed by atoms with Gasteiger partial charge in [0.2, 0.25) is 0 Å². The summed E-state index contributed by atoms with van der Waals surface area (Å²) in [5.41, 5.74) is 1.04. The van der Waals surface area contributed by atoms with E-state index in [1.165, 1.54) is 3.57 Å². The Labute approximate surface area is 84.6 Å². The third kappa shape index (κ3) is 1.65. The average Bonchev–Trinajstić information content (AvgIpc) is 2.53. The fourth-order valence-electron chi connectivity index (χ4n) is 1.20. The molecule has 1 aliphatic rings. The Kier molecular flexibility index (Phi) is 2.67. The zero-order valence-electron chi connectivity index (χ0n) is 6.55. The highest BCUT2D eigenvalue weighted by atomic mass is 127. The van der Waals surface area contributed by atoms with Crippen molar-refractivity contribution in [3.8, 4) is 0 Å². The number of hydrogen-bond acceptors (Lipinski definition) is 2. The SMILES string of the molecule is Ic1cc[nH]c1C1OCCCO1. The Morgan fingerprint density at radius 1 is 1.42 bits per heavy atom. The second-order valence-electron chi connectivity index (χ2n) is 2.67. The fourth-order valence-corrected chi connectivity index (χ4v) is 1.79. The number of rotatable bonds is 1. The van der Waals surface area contributed by atoms with Crippen LogP contribution in [0.15, 0.2) is 12.3 Å². The highest BCUT2D eigenvalue weighted by Crippen LogP contribution is 2.25. The monoisotopic (exact) mass is 279 g/mol. The topological polar surface area (TPSA) is 34.2 Å². The van der Waals surface area contributed by atoms with Gasteiger partial charge in [0, 0.05) is 9.77 Å². The molecular formula is C8H10INO2. The standard InChI is InChI=1S/C8H10INO2/c9-6-2-3-10-7(6)8-11-4-1-5-12-8/h2-3,8,10H,1,4-5H2. The molecule has 66 valence electrons. The molecule has 1 fully saturated rings. The van der Waals surface area contributed by atoms with Crippen molar-refractivity contribution in [2.45, 2.75) is 12.7 Å². The van der Waals surface area contributed by atoms with Gasteiger partial charge in [-0.3, -0.25) is 0 Å². The number of halogens is 1. The summed E-state index contributed by atoms with van der Waals surface area (Å²) in [5, 5.41) is 0. The molecular weight excluding hydrogens is 269 g/mol. The number of aromatic nitrogens is 1. The summed E-state index contributed by atoms with van der Waals surface area (Å²) in [6, 6.07) is 2.01. The molecule has 1 saturated heterocycles. The number of aromatic amines is 1. The maximum Gasteiger partial charge on any atom is 0.199 e. The minimum Gasteiger partial charge on any atom is -0.360 e. The molecule has 2 heterocycles. The van der Waals surface area contributed by atoms with Crippen molar-refractivity contribution in [3.63, 3.8) is 0 Å². The van der Waals surface area contributed by atoms with Crippen LogP contribution >= 0.6 is 22.6 Å². The quantitative estimate of drug-likeness (QED) is 0.798. The van der Waals surface area contributed by atoms with E-state index in [2.05, 4.69) is 27.6 Å². The van der Waals surface area contributed by atoms with Gasteiger partial charge >= 0.3 is 0 Å². The summed E-state index contributed by atoms with van der Waals surface area (Å²) in [6.07, 6.45) is 2.72. The van der Waals surface area contributed by atoms with E-state index in [1.807, 2.05) is 12.3 Å². The molecule has 0 unspecified atom stereocenters. The Bertz CT molecular complexity index is 255. The van der Waals surface area contributed by atoms with E-state index >= 15 is 0 Å². The van der Waals surface area contributed by atoms with Crippen LogP contribution in [0.5, 0.6) is 0 Å². The van der Waals surface area contributed by atoms with Gasteiger partial charge in [-0.25, -0.2) is 0 Å². The first kappa shape index (κ1) is 8.52. The summed E-state index contributed by atoms with van der Waals surface area (Å²) < 4.78 is 12.1. The minimum atomic E-state index is -0.180. The van der Waals surface area contributed by atoms with Crippen molar-refractivity contribution in [2.24, 2.45) is 0 Å². The molecule has 2 rings (SSSR count). The van der Waals surface area contributed by atoms with Crippen LogP contribution in [-0.4, -0.2) is 18.2 Å². The predicted octanol–water partition coefficient (Wildman–Crippen LogP) is 2.05. The third-order valence-electron chi connectivity index (χ3n) is 1.79. The molecule has 0 saturated carbocycles. The first-order valence-corrected chi connectivity index (χ1v) is 5.02. The molecule has 1 aromatic heterocycles. The smallest absolute Gasteiger partial charge is 0.199 e. The minimum absolute atomic E-state index is 0.180. The van der Waals surface area contributed by atoms with Gasteiger partial charge in [-0.05, 0) is 35.1 Å². The van der Waals surface area contributed by atoms with Gasteiger partial charge in [-0.1, -0.05) is 0 Å². The van der Waals surface area contributed by atoms with Crippen molar-refractivity contribution in [1.29, 1.82) is 0 Å².